The molecule has 0 aliphatic rings. The number of imidazole rings is 1. The Morgan fingerprint density at radius 3 is 2.22 bits per heavy atom. The summed E-state index contributed by atoms with van der Waals surface area (Å²) in [5, 5.41) is 0.474. The van der Waals surface area contributed by atoms with Gasteiger partial charge in [-0.25, -0.2) is 18.2 Å². The molecule has 4 aromatic rings. The first kappa shape index (κ1) is 26.3. The SMILES string of the molecule is CCOc1cc(F)c(CSc2ncc(N(C)c3ccc(OC)c(OC)c3)n2-c2ccc(F)cc2)c(F)c1. The van der Waals surface area contributed by atoms with E-state index in [1.54, 1.807) is 50.1 Å². The van der Waals surface area contributed by atoms with Crippen molar-refractivity contribution in [1.29, 1.82) is 0 Å². The standard InChI is InChI=1S/C27H26F3N3O3S/c1-5-36-20-13-22(29)21(23(30)14-20)16-37-27-31-15-26(33(27)18-8-6-17(28)7-9-18)32(2)19-10-11-24(34-3)25(12-19)35-4/h6-15H,5,16H2,1-4H3. The van der Waals surface area contributed by atoms with E-state index in [0.717, 1.165) is 17.4 Å². The number of methoxy groups -OCH3 is 2. The molecule has 3 aromatic carbocycles. The maximum atomic E-state index is 14.7. The van der Waals surface area contributed by atoms with E-state index < -0.39 is 11.6 Å². The van der Waals surface area contributed by atoms with E-state index in [9.17, 15) is 13.2 Å². The smallest absolute Gasteiger partial charge is 0.174 e. The molecule has 37 heavy (non-hydrogen) atoms. The zero-order valence-corrected chi connectivity index (χ0v) is 21.6. The number of thioether (sulfide) groups is 1. The normalized spacial score (nSPS) is 10.9. The van der Waals surface area contributed by atoms with E-state index in [1.807, 2.05) is 24.1 Å². The number of aromatic nitrogens is 2. The molecule has 0 aliphatic carbocycles. The second-order valence-electron chi connectivity index (χ2n) is 7.90. The fourth-order valence-electron chi connectivity index (χ4n) is 3.77. The van der Waals surface area contributed by atoms with Crippen LogP contribution < -0.4 is 19.1 Å². The van der Waals surface area contributed by atoms with Crippen LogP contribution in [0.1, 0.15) is 12.5 Å². The van der Waals surface area contributed by atoms with Gasteiger partial charge < -0.3 is 19.1 Å². The number of ether oxygens (including phenoxy) is 3. The number of halogens is 3. The molecule has 0 radical (unpaired) electrons. The monoisotopic (exact) mass is 529 g/mol. The molecule has 4 rings (SSSR count). The van der Waals surface area contributed by atoms with Crippen LogP contribution in [-0.2, 0) is 5.75 Å². The van der Waals surface area contributed by atoms with Crippen LogP contribution in [0.5, 0.6) is 17.2 Å². The van der Waals surface area contributed by atoms with Crippen LogP contribution in [0.3, 0.4) is 0 Å². The molecule has 0 saturated heterocycles. The Morgan fingerprint density at radius 1 is 0.919 bits per heavy atom. The molecule has 0 saturated carbocycles. The van der Waals surface area contributed by atoms with Gasteiger partial charge in [-0.15, -0.1) is 0 Å². The highest BCUT2D eigenvalue weighted by Crippen LogP contribution is 2.37. The van der Waals surface area contributed by atoms with E-state index in [1.165, 1.54) is 24.3 Å². The largest absolute Gasteiger partial charge is 0.494 e. The van der Waals surface area contributed by atoms with Crippen molar-refractivity contribution in [2.24, 2.45) is 0 Å². The van der Waals surface area contributed by atoms with Crippen LogP contribution in [-0.4, -0.2) is 37.4 Å². The molecule has 0 fully saturated rings. The first-order valence-corrected chi connectivity index (χ1v) is 12.4. The molecule has 0 aliphatic heterocycles. The van der Waals surface area contributed by atoms with Gasteiger partial charge in [-0.1, -0.05) is 11.8 Å². The summed E-state index contributed by atoms with van der Waals surface area (Å²) in [6.45, 7) is 2.05. The van der Waals surface area contributed by atoms with Crippen molar-refractivity contribution < 1.29 is 27.4 Å². The summed E-state index contributed by atoms with van der Waals surface area (Å²) in [5.41, 5.74) is 1.33. The van der Waals surface area contributed by atoms with Gasteiger partial charge in [0, 0.05) is 47.9 Å². The average molecular weight is 530 g/mol. The van der Waals surface area contributed by atoms with Crippen molar-refractivity contribution in [3.63, 3.8) is 0 Å². The van der Waals surface area contributed by atoms with Crippen molar-refractivity contribution in [2.75, 3.05) is 32.8 Å². The number of hydrogen-bond donors (Lipinski definition) is 0. The highest BCUT2D eigenvalue weighted by molar-refractivity contribution is 7.98. The zero-order valence-electron chi connectivity index (χ0n) is 20.8. The van der Waals surface area contributed by atoms with E-state index >= 15 is 0 Å². The second-order valence-corrected chi connectivity index (χ2v) is 8.84. The minimum Gasteiger partial charge on any atom is -0.494 e. The minimum atomic E-state index is -0.696. The van der Waals surface area contributed by atoms with Crippen molar-refractivity contribution >= 4 is 23.3 Å². The molecule has 0 unspecified atom stereocenters. The first-order chi connectivity index (χ1) is 17.9. The maximum absolute atomic E-state index is 14.7. The molecular formula is C27H26F3N3O3S. The molecule has 1 aromatic heterocycles. The molecule has 6 nitrogen and oxygen atoms in total. The number of nitrogens with zero attached hydrogens (tertiary/aromatic N) is 3. The van der Waals surface area contributed by atoms with Gasteiger partial charge in [-0.3, -0.25) is 4.57 Å². The lowest BCUT2D eigenvalue weighted by atomic mass is 10.2. The quantitative estimate of drug-likeness (QED) is 0.212. The summed E-state index contributed by atoms with van der Waals surface area (Å²) in [5.74, 6) is 0.135. The van der Waals surface area contributed by atoms with Gasteiger partial charge >= 0.3 is 0 Å². The van der Waals surface area contributed by atoms with E-state index in [2.05, 4.69) is 4.98 Å². The Kier molecular flexibility index (Phi) is 8.17. The fourth-order valence-corrected chi connectivity index (χ4v) is 4.77. The number of benzene rings is 3. The number of rotatable bonds is 10. The fraction of sp³-hybridized carbons (Fsp3) is 0.222. The molecule has 0 amide bonds. The molecular weight excluding hydrogens is 503 g/mol. The van der Waals surface area contributed by atoms with Gasteiger partial charge in [0.1, 0.15) is 29.0 Å². The number of hydrogen-bond acceptors (Lipinski definition) is 6. The predicted molar refractivity (Wildman–Crippen MR) is 138 cm³/mol. The molecule has 0 N–H and O–H groups in total. The predicted octanol–water partition coefficient (Wildman–Crippen LogP) is 6.77. The third-order valence-corrected chi connectivity index (χ3v) is 6.64. The molecule has 194 valence electrons. The van der Waals surface area contributed by atoms with E-state index in [-0.39, 0.29) is 22.9 Å². The summed E-state index contributed by atoms with van der Waals surface area (Å²) in [6, 6.07) is 13.7. The third-order valence-electron chi connectivity index (χ3n) is 5.66. The van der Waals surface area contributed by atoms with Gasteiger partial charge in [0.05, 0.1) is 27.0 Å². The Bertz CT molecular complexity index is 1360. The Hall–Kier alpha value is -3.79. The van der Waals surface area contributed by atoms with Crippen LogP contribution in [0.25, 0.3) is 5.69 Å². The van der Waals surface area contributed by atoms with Gasteiger partial charge in [-0.2, -0.15) is 0 Å². The highest BCUT2D eigenvalue weighted by Gasteiger charge is 2.20. The van der Waals surface area contributed by atoms with Crippen molar-refractivity contribution in [1.82, 2.24) is 9.55 Å². The molecule has 0 atom stereocenters. The Morgan fingerprint density at radius 2 is 1.59 bits per heavy atom. The summed E-state index contributed by atoms with van der Waals surface area (Å²) < 4.78 is 60.8. The first-order valence-electron chi connectivity index (χ1n) is 11.4. The van der Waals surface area contributed by atoms with Gasteiger partial charge in [0.25, 0.3) is 0 Å². The van der Waals surface area contributed by atoms with Crippen LogP contribution in [0.15, 0.2) is 66.0 Å². The summed E-state index contributed by atoms with van der Waals surface area (Å²) in [6.07, 6.45) is 1.65. The van der Waals surface area contributed by atoms with Crippen LogP contribution in [0, 0.1) is 17.5 Å². The van der Waals surface area contributed by atoms with Crippen molar-refractivity contribution in [3.8, 4) is 22.9 Å². The van der Waals surface area contributed by atoms with Crippen LogP contribution in [0.2, 0.25) is 0 Å². The minimum absolute atomic E-state index is 0.0121. The van der Waals surface area contributed by atoms with E-state index in [4.69, 9.17) is 14.2 Å². The van der Waals surface area contributed by atoms with Crippen molar-refractivity contribution in [2.45, 2.75) is 17.8 Å². The van der Waals surface area contributed by atoms with Gasteiger partial charge in [0.15, 0.2) is 16.7 Å². The van der Waals surface area contributed by atoms with E-state index in [0.29, 0.717) is 34.8 Å². The zero-order chi connectivity index (χ0) is 26.5. The van der Waals surface area contributed by atoms with Crippen molar-refractivity contribution in [3.05, 3.63) is 83.8 Å². The second kappa shape index (κ2) is 11.5. The maximum Gasteiger partial charge on any atom is 0.174 e. The van der Waals surface area contributed by atoms with Crippen LogP contribution in [0.4, 0.5) is 24.7 Å². The summed E-state index contributed by atoms with van der Waals surface area (Å²) in [4.78, 5) is 6.40. The Balaban J connectivity index is 1.71. The van der Waals surface area contributed by atoms with Gasteiger partial charge in [0.2, 0.25) is 0 Å². The summed E-state index contributed by atoms with van der Waals surface area (Å²) in [7, 11) is 4.96. The average Bonchev–Trinajstić information content (AvgIpc) is 3.31. The molecule has 0 bridgehead atoms. The lowest BCUT2D eigenvalue weighted by molar-refractivity contribution is 0.335. The third kappa shape index (κ3) is 5.64. The molecule has 1 heterocycles. The lowest BCUT2D eigenvalue weighted by Gasteiger charge is -2.23. The highest BCUT2D eigenvalue weighted by atomic mass is 32.2. The Labute approximate surface area is 217 Å². The number of anilines is 2. The van der Waals surface area contributed by atoms with Crippen LogP contribution >= 0.6 is 11.8 Å². The summed E-state index contributed by atoms with van der Waals surface area (Å²) >= 11 is 1.16. The van der Waals surface area contributed by atoms with Gasteiger partial charge in [-0.05, 0) is 43.3 Å². The topological polar surface area (TPSA) is 48.8 Å². The molecule has 0 spiro atoms. The lowest BCUT2D eigenvalue weighted by Crippen LogP contribution is -2.14. The molecule has 10 heteroatoms.